The number of hydrogen-bond acceptors (Lipinski definition) is 2. The van der Waals surface area contributed by atoms with Crippen molar-refractivity contribution in [2.24, 2.45) is 0 Å². The van der Waals surface area contributed by atoms with Crippen molar-refractivity contribution in [2.45, 2.75) is 6.54 Å². The molecule has 0 aliphatic carbocycles. The number of rotatable bonds is 4. The number of nitrogens with one attached hydrogen (secondary N) is 2. The lowest BCUT2D eigenvalue weighted by Crippen LogP contribution is -2.19. The Morgan fingerprint density at radius 1 is 1.08 bits per heavy atom. The molecule has 0 saturated carbocycles. The quantitative estimate of drug-likeness (QED) is 0.593. The van der Waals surface area contributed by atoms with Crippen LogP contribution in [0.3, 0.4) is 0 Å². The van der Waals surface area contributed by atoms with Gasteiger partial charge >= 0.3 is 0 Å². The first kappa shape index (κ1) is 17.5. The van der Waals surface area contributed by atoms with Crippen LogP contribution in [0.2, 0.25) is 0 Å². The van der Waals surface area contributed by atoms with E-state index in [1.807, 2.05) is 0 Å². The second kappa shape index (κ2) is 7.71. The van der Waals surface area contributed by atoms with E-state index in [2.05, 4.69) is 31.7 Å². The molecule has 1 heterocycles. The fraction of sp³-hybridized carbons (Fsp3) is 0.0588. The summed E-state index contributed by atoms with van der Waals surface area (Å²) in [5, 5.41) is 10.5. The van der Waals surface area contributed by atoms with Gasteiger partial charge in [0, 0.05) is 11.9 Å². The van der Waals surface area contributed by atoms with Crippen LogP contribution in [0, 0.1) is 11.6 Å². The van der Waals surface area contributed by atoms with Crippen LogP contribution in [0.5, 0.6) is 0 Å². The Morgan fingerprint density at radius 3 is 2.56 bits per heavy atom. The van der Waals surface area contributed by atoms with E-state index in [4.69, 9.17) is 12.2 Å². The summed E-state index contributed by atoms with van der Waals surface area (Å²) in [5.74, 6) is -0.102. The molecule has 0 radical (unpaired) electrons. The normalized spacial score (nSPS) is 10.5. The number of nitrogens with zero attached hydrogens (tertiary/aromatic N) is 2. The fourth-order valence-corrected chi connectivity index (χ4v) is 2.81. The molecule has 0 amide bonds. The van der Waals surface area contributed by atoms with E-state index in [0.717, 1.165) is 10.0 Å². The molecule has 4 nitrogen and oxygen atoms in total. The van der Waals surface area contributed by atoms with Gasteiger partial charge in [-0.25, -0.2) is 8.78 Å². The van der Waals surface area contributed by atoms with Gasteiger partial charge in [0.15, 0.2) is 10.9 Å². The van der Waals surface area contributed by atoms with Crippen LogP contribution in [0.4, 0.5) is 20.3 Å². The summed E-state index contributed by atoms with van der Waals surface area (Å²) >= 11 is 8.63. The van der Waals surface area contributed by atoms with Crippen LogP contribution in [-0.2, 0) is 6.54 Å². The van der Waals surface area contributed by atoms with Gasteiger partial charge in [0.25, 0.3) is 0 Å². The van der Waals surface area contributed by atoms with Crippen molar-refractivity contribution < 1.29 is 8.78 Å². The molecule has 128 valence electrons. The summed E-state index contributed by atoms with van der Waals surface area (Å²) in [7, 11) is 0. The first-order valence-electron chi connectivity index (χ1n) is 7.30. The summed E-state index contributed by atoms with van der Waals surface area (Å²) in [5.41, 5.74) is 1.46. The van der Waals surface area contributed by atoms with Gasteiger partial charge in [-0.05, 0) is 64.0 Å². The number of thiocarbonyl (C=S) groups is 1. The highest BCUT2D eigenvalue weighted by Gasteiger charge is 2.09. The lowest BCUT2D eigenvalue weighted by atomic mass is 10.2. The van der Waals surface area contributed by atoms with E-state index in [1.54, 1.807) is 35.1 Å². The minimum absolute atomic E-state index is 0.276. The third kappa shape index (κ3) is 4.83. The van der Waals surface area contributed by atoms with E-state index in [1.165, 1.54) is 24.3 Å². The molecule has 0 bridgehead atoms. The first-order chi connectivity index (χ1) is 12.0. The lowest BCUT2D eigenvalue weighted by molar-refractivity contribution is 0.624. The Balaban J connectivity index is 1.65. The highest BCUT2D eigenvalue weighted by atomic mass is 79.9. The van der Waals surface area contributed by atoms with E-state index in [9.17, 15) is 8.78 Å². The van der Waals surface area contributed by atoms with Gasteiger partial charge in [0.1, 0.15) is 11.6 Å². The highest BCUT2D eigenvalue weighted by Crippen LogP contribution is 2.21. The zero-order valence-corrected chi connectivity index (χ0v) is 15.2. The zero-order valence-electron chi connectivity index (χ0n) is 12.8. The molecule has 0 aliphatic rings. The molecule has 0 saturated heterocycles. The molecule has 3 rings (SSSR count). The Kier molecular flexibility index (Phi) is 5.40. The maximum Gasteiger partial charge on any atom is 0.176 e. The molecule has 3 aromatic rings. The van der Waals surface area contributed by atoms with E-state index in [0.29, 0.717) is 23.2 Å². The third-order valence-corrected chi connectivity index (χ3v) is 4.07. The second-order valence-electron chi connectivity index (χ2n) is 5.24. The molecule has 0 fully saturated rings. The van der Waals surface area contributed by atoms with Crippen molar-refractivity contribution in [1.82, 2.24) is 9.78 Å². The van der Waals surface area contributed by atoms with Crippen LogP contribution in [0.25, 0.3) is 0 Å². The molecule has 0 spiro atoms. The molecule has 0 aliphatic heterocycles. The van der Waals surface area contributed by atoms with Crippen LogP contribution in [0.1, 0.15) is 5.56 Å². The largest absolute Gasteiger partial charge is 0.332 e. The van der Waals surface area contributed by atoms with Crippen molar-refractivity contribution in [1.29, 1.82) is 0 Å². The van der Waals surface area contributed by atoms with Crippen LogP contribution < -0.4 is 10.6 Å². The van der Waals surface area contributed by atoms with Gasteiger partial charge in [0.2, 0.25) is 0 Å². The summed E-state index contributed by atoms with van der Waals surface area (Å²) in [6, 6.07) is 12.2. The van der Waals surface area contributed by atoms with E-state index < -0.39 is 0 Å². The summed E-state index contributed by atoms with van der Waals surface area (Å²) in [6.45, 7) is 0.491. The number of benzene rings is 2. The minimum atomic E-state index is -0.349. The monoisotopic (exact) mass is 422 g/mol. The molecular weight excluding hydrogens is 410 g/mol. The van der Waals surface area contributed by atoms with Gasteiger partial charge < -0.3 is 10.6 Å². The van der Waals surface area contributed by atoms with Gasteiger partial charge in [0.05, 0.1) is 11.0 Å². The zero-order chi connectivity index (χ0) is 17.8. The average molecular weight is 423 g/mol. The second-order valence-corrected chi connectivity index (χ2v) is 6.50. The summed E-state index contributed by atoms with van der Waals surface area (Å²) < 4.78 is 28.6. The molecule has 25 heavy (non-hydrogen) atoms. The maximum absolute atomic E-state index is 13.2. The number of hydrogen-bond donors (Lipinski definition) is 2. The van der Waals surface area contributed by atoms with Gasteiger partial charge in [-0.15, -0.1) is 0 Å². The minimum Gasteiger partial charge on any atom is -0.332 e. The summed E-state index contributed by atoms with van der Waals surface area (Å²) in [6.07, 6.45) is 1.79. The molecule has 8 heteroatoms. The van der Waals surface area contributed by atoms with E-state index >= 15 is 0 Å². The van der Waals surface area contributed by atoms with Crippen molar-refractivity contribution in [2.75, 3.05) is 10.6 Å². The van der Waals surface area contributed by atoms with Gasteiger partial charge in [-0.1, -0.05) is 18.2 Å². The van der Waals surface area contributed by atoms with Crippen LogP contribution in [0.15, 0.2) is 59.2 Å². The number of aromatic nitrogens is 2. The molecule has 2 N–H and O–H groups in total. The maximum atomic E-state index is 13.2. The van der Waals surface area contributed by atoms with Crippen molar-refractivity contribution in [3.05, 3.63) is 76.4 Å². The molecule has 1 aromatic heterocycles. The van der Waals surface area contributed by atoms with Crippen molar-refractivity contribution >= 4 is 44.8 Å². The average Bonchev–Trinajstić information content (AvgIpc) is 2.89. The third-order valence-electron chi connectivity index (χ3n) is 3.29. The van der Waals surface area contributed by atoms with Crippen LogP contribution >= 0.6 is 28.1 Å². The highest BCUT2D eigenvalue weighted by molar-refractivity contribution is 9.10. The smallest absolute Gasteiger partial charge is 0.176 e. The lowest BCUT2D eigenvalue weighted by Gasteiger charge is -2.09. The predicted octanol–water partition coefficient (Wildman–Crippen LogP) is 4.78. The molecule has 0 atom stereocenters. The van der Waals surface area contributed by atoms with Gasteiger partial charge in [-0.3, -0.25) is 4.68 Å². The molecule has 2 aromatic carbocycles. The number of halogens is 3. The topological polar surface area (TPSA) is 41.9 Å². The molecular formula is C17H13BrF2N4S. The number of anilines is 2. The Morgan fingerprint density at radius 2 is 1.84 bits per heavy atom. The molecule has 0 unspecified atom stereocenters. The van der Waals surface area contributed by atoms with E-state index in [-0.39, 0.29) is 11.6 Å². The van der Waals surface area contributed by atoms with Crippen molar-refractivity contribution in [3.63, 3.8) is 0 Å². The summed E-state index contributed by atoms with van der Waals surface area (Å²) in [4.78, 5) is 0. The fourth-order valence-electron chi connectivity index (χ4n) is 2.18. The SMILES string of the molecule is Fc1ccc(Cn2cc(Br)c(NC(=S)Nc3cccc(F)c3)n2)cc1. The van der Waals surface area contributed by atoms with Crippen LogP contribution in [-0.4, -0.2) is 14.9 Å². The Labute approximate surface area is 157 Å². The van der Waals surface area contributed by atoms with Crippen molar-refractivity contribution in [3.8, 4) is 0 Å². The first-order valence-corrected chi connectivity index (χ1v) is 8.51. The predicted molar refractivity (Wildman–Crippen MR) is 102 cm³/mol. The Hall–Kier alpha value is -2.32. The standard InChI is InChI=1S/C17H13BrF2N4S/c18-15-10-24(9-11-4-6-12(19)7-5-11)23-16(15)22-17(25)21-14-3-1-2-13(20)8-14/h1-8,10H,9H2,(H2,21,22,23,25). The van der Waals surface area contributed by atoms with Gasteiger partial charge in [-0.2, -0.15) is 5.10 Å². The Bertz CT molecular complexity index is 896.